The van der Waals surface area contributed by atoms with Crippen LogP contribution in [0.15, 0.2) is 23.8 Å². The Balaban J connectivity index is 1.42. The number of ketones is 1. The Morgan fingerprint density at radius 3 is 2.71 bits per heavy atom. The number of allylic oxidation sites excluding steroid dienone is 1. The quantitative estimate of drug-likeness (QED) is 0.716. The van der Waals surface area contributed by atoms with Gasteiger partial charge in [-0.2, -0.15) is 0 Å². The third kappa shape index (κ3) is 1.87. The molecule has 0 heterocycles. The van der Waals surface area contributed by atoms with E-state index < -0.39 is 11.6 Å². The van der Waals surface area contributed by atoms with E-state index in [1.54, 1.807) is 6.08 Å². The predicted molar refractivity (Wildman–Crippen MR) is 103 cm³/mol. The Morgan fingerprint density at radius 1 is 1.18 bits per heavy atom. The van der Waals surface area contributed by atoms with Crippen molar-refractivity contribution in [1.29, 1.82) is 0 Å². The van der Waals surface area contributed by atoms with Crippen LogP contribution in [0.25, 0.3) is 0 Å². The molecule has 5 fully saturated rings. The highest BCUT2D eigenvalue weighted by Crippen LogP contribution is 2.80. The van der Waals surface area contributed by atoms with Crippen molar-refractivity contribution in [3.8, 4) is 0 Å². The van der Waals surface area contributed by atoms with Gasteiger partial charge in [-0.15, -0.1) is 0 Å². The molecule has 4 heteroatoms. The molecule has 0 aromatic rings. The largest absolute Gasteiger partial charge is 0.478 e. The molecule has 28 heavy (non-hydrogen) atoms. The summed E-state index contributed by atoms with van der Waals surface area (Å²) in [6, 6.07) is 0. The van der Waals surface area contributed by atoms with Crippen LogP contribution < -0.4 is 0 Å². The van der Waals surface area contributed by atoms with Gasteiger partial charge in [-0.3, -0.25) is 4.79 Å². The normalized spacial score (nSPS) is 58.2. The van der Waals surface area contributed by atoms with Crippen LogP contribution in [0.2, 0.25) is 0 Å². The maximum Gasteiger partial charge on any atom is 0.328 e. The van der Waals surface area contributed by atoms with Crippen molar-refractivity contribution < 1.29 is 19.8 Å². The van der Waals surface area contributed by atoms with Crippen molar-refractivity contribution in [3.63, 3.8) is 0 Å². The van der Waals surface area contributed by atoms with E-state index in [9.17, 15) is 14.7 Å². The van der Waals surface area contributed by atoms with Crippen molar-refractivity contribution in [2.75, 3.05) is 0 Å². The number of aliphatic carboxylic acids is 1. The lowest BCUT2D eigenvalue weighted by Crippen LogP contribution is -2.57. The summed E-state index contributed by atoms with van der Waals surface area (Å²) in [4.78, 5) is 23.3. The van der Waals surface area contributed by atoms with Crippen LogP contribution in [0.4, 0.5) is 0 Å². The second kappa shape index (κ2) is 5.00. The van der Waals surface area contributed by atoms with Crippen molar-refractivity contribution in [2.24, 2.45) is 52.3 Å². The monoisotopic (exact) mass is 382 g/mol. The van der Waals surface area contributed by atoms with Gasteiger partial charge in [-0.1, -0.05) is 19.4 Å². The average molecular weight is 383 g/mol. The van der Waals surface area contributed by atoms with Crippen LogP contribution in [-0.4, -0.2) is 27.6 Å². The lowest BCUT2D eigenvalue weighted by atomic mass is 9.45. The number of hydrogen-bond acceptors (Lipinski definition) is 3. The van der Waals surface area contributed by atoms with Gasteiger partial charge < -0.3 is 10.2 Å². The molecule has 0 saturated heterocycles. The topological polar surface area (TPSA) is 74.6 Å². The zero-order chi connectivity index (χ0) is 19.6. The van der Waals surface area contributed by atoms with Gasteiger partial charge in [0.2, 0.25) is 0 Å². The summed E-state index contributed by atoms with van der Waals surface area (Å²) in [5.41, 5.74) is 0.406. The Labute approximate surface area is 166 Å². The first-order valence-electron chi connectivity index (χ1n) is 11.1. The highest BCUT2D eigenvalue weighted by atomic mass is 16.4. The molecule has 3 unspecified atom stereocenters. The second-order valence-corrected chi connectivity index (χ2v) is 11.2. The summed E-state index contributed by atoms with van der Waals surface area (Å²) in [6.07, 6.45) is 10.8. The molecule has 6 aliphatic rings. The van der Waals surface area contributed by atoms with Gasteiger partial charge in [-0.05, 0) is 91.1 Å². The van der Waals surface area contributed by atoms with Crippen LogP contribution in [0.1, 0.15) is 52.4 Å². The standard InChI is InChI=1S/C24H30O4/c1-22-6-3-12(25)9-17(22)13-10-14(13)20-16(22)4-7-23(2)21(20)15-11-18(15)24(23,28)8-5-19(26)27/h5,8-9,13-16,18,20-21,28H,3-4,6-7,10-11H2,1-2H3,(H,26,27)/t13-,14+,15-,16?,18+,20?,21?,22-,23+,24+/m1/s1. The highest BCUT2D eigenvalue weighted by Gasteiger charge is 2.78. The van der Waals surface area contributed by atoms with E-state index >= 15 is 0 Å². The minimum Gasteiger partial charge on any atom is -0.478 e. The molecule has 6 aliphatic carbocycles. The van der Waals surface area contributed by atoms with E-state index in [0.717, 1.165) is 25.7 Å². The fourth-order valence-corrected chi connectivity index (χ4v) is 8.94. The number of carbonyl (C=O) groups is 2. The number of fused-ring (bicyclic) bond motifs is 10. The fourth-order valence-electron chi connectivity index (χ4n) is 8.94. The van der Waals surface area contributed by atoms with Gasteiger partial charge in [0.1, 0.15) is 0 Å². The average Bonchev–Trinajstić information content (AvgIpc) is 3.53. The fraction of sp³-hybridized carbons (Fsp3) is 0.750. The van der Waals surface area contributed by atoms with Gasteiger partial charge >= 0.3 is 5.97 Å². The second-order valence-electron chi connectivity index (χ2n) is 11.2. The molecule has 4 nitrogen and oxygen atoms in total. The van der Waals surface area contributed by atoms with E-state index in [4.69, 9.17) is 5.11 Å². The van der Waals surface area contributed by atoms with Gasteiger partial charge in [0, 0.05) is 17.9 Å². The molecule has 0 bridgehead atoms. The van der Waals surface area contributed by atoms with Crippen LogP contribution in [-0.2, 0) is 9.59 Å². The zero-order valence-electron chi connectivity index (χ0n) is 16.7. The lowest BCUT2D eigenvalue weighted by molar-refractivity contribution is -0.134. The Bertz CT molecular complexity index is 857. The lowest BCUT2D eigenvalue weighted by Gasteiger charge is -2.59. The first-order chi connectivity index (χ1) is 13.2. The van der Waals surface area contributed by atoms with Gasteiger partial charge in [0.25, 0.3) is 0 Å². The first-order valence-corrected chi connectivity index (χ1v) is 11.1. The summed E-state index contributed by atoms with van der Waals surface area (Å²) in [7, 11) is 0. The summed E-state index contributed by atoms with van der Waals surface area (Å²) < 4.78 is 0. The Morgan fingerprint density at radius 2 is 1.96 bits per heavy atom. The molecule has 0 aromatic heterocycles. The van der Waals surface area contributed by atoms with Gasteiger partial charge in [-0.25, -0.2) is 4.79 Å². The number of aliphatic hydroxyl groups is 1. The molecule has 0 radical (unpaired) electrons. The maximum absolute atomic E-state index is 12.1. The van der Waals surface area contributed by atoms with Crippen molar-refractivity contribution >= 4 is 11.8 Å². The van der Waals surface area contributed by atoms with Crippen molar-refractivity contribution in [3.05, 3.63) is 23.8 Å². The summed E-state index contributed by atoms with van der Waals surface area (Å²) in [5, 5.41) is 20.9. The van der Waals surface area contributed by atoms with Crippen LogP contribution in [0.3, 0.4) is 0 Å². The predicted octanol–water partition coefficient (Wildman–Crippen LogP) is 3.60. The summed E-state index contributed by atoms with van der Waals surface area (Å²) in [5.74, 6) is 3.10. The third-order valence-electron chi connectivity index (χ3n) is 10.3. The van der Waals surface area contributed by atoms with E-state index in [-0.39, 0.29) is 16.7 Å². The molecular formula is C24H30O4. The SMILES string of the molecule is C[C@]12CCC(=O)C=C1[C@@H]1C[C@@H]1C1C2CC[C@@]2(C)C1[C@@H]1C[C@@H]1[C@@]2(O)C=CC(=O)O. The number of carboxylic acids is 1. The molecule has 0 aliphatic heterocycles. The highest BCUT2D eigenvalue weighted by molar-refractivity contribution is 5.92. The molecule has 150 valence electrons. The van der Waals surface area contributed by atoms with Gasteiger partial charge in [0.05, 0.1) is 5.60 Å². The van der Waals surface area contributed by atoms with Crippen LogP contribution >= 0.6 is 0 Å². The number of carbonyl (C=O) groups excluding carboxylic acids is 1. The molecule has 2 N–H and O–H groups in total. The summed E-state index contributed by atoms with van der Waals surface area (Å²) >= 11 is 0. The molecule has 0 aromatic carbocycles. The maximum atomic E-state index is 12.1. The minimum atomic E-state index is -0.977. The summed E-state index contributed by atoms with van der Waals surface area (Å²) in [6.45, 7) is 4.65. The Kier molecular flexibility index (Phi) is 3.12. The Hall–Kier alpha value is -1.42. The zero-order valence-corrected chi connectivity index (χ0v) is 16.7. The molecule has 5 saturated carbocycles. The molecule has 0 spiro atoms. The van der Waals surface area contributed by atoms with Crippen LogP contribution in [0, 0.1) is 52.3 Å². The first kappa shape index (κ1) is 17.4. The molecule has 0 amide bonds. The molecule has 6 rings (SSSR count). The number of rotatable bonds is 2. The molecule has 10 atom stereocenters. The van der Waals surface area contributed by atoms with Crippen molar-refractivity contribution in [1.82, 2.24) is 0 Å². The smallest absolute Gasteiger partial charge is 0.328 e. The van der Waals surface area contributed by atoms with Crippen LogP contribution in [0.5, 0.6) is 0 Å². The van der Waals surface area contributed by atoms with E-state index in [1.165, 1.54) is 18.1 Å². The van der Waals surface area contributed by atoms with E-state index in [1.807, 2.05) is 6.08 Å². The number of carboxylic acid groups (broad SMARTS) is 1. The van der Waals surface area contributed by atoms with Gasteiger partial charge in [0.15, 0.2) is 5.78 Å². The molecular weight excluding hydrogens is 352 g/mol. The minimum absolute atomic E-state index is 0.152. The van der Waals surface area contributed by atoms with E-state index in [0.29, 0.717) is 47.7 Å². The number of hydrogen-bond donors (Lipinski definition) is 2. The van der Waals surface area contributed by atoms with Crippen molar-refractivity contribution in [2.45, 2.75) is 58.0 Å². The third-order valence-corrected chi connectivity index (χ3v) is 10.3. The van der Waals surface area contributed by atoms with E-state index in [2.05, 4.69) is 13.8 Å².